The van der Waals surface area contributed by atoms with E-state index < -0.39 is 0 Å². The van der Waals surface area contributed by atoms with Crippen LogP contribution in [0.15, 0.2) is 12.3 Å². The topological polar surface area (TPSA) is 44.1 Å². The zero-order valence-corrected chi connectivity index (χ0v) is 10.2. The quantitative estimate of drug-likeness (QED) is 0.715. The van der Waals surface area contributed by atoms with Crippen LogP contribution < -0.4 is 0 Å². The smallest absolute Gasteiger partial charge is 0.189 e. The molecule has 1 aliphatic rings. The highest BCUT2D eigenvalue weighted by Gasteiger charge is 2.42. The molecule has 16 heavy (non-hydrogen) atoms. The van der Waals surface area contributed by atoms with E-state index in [1.807, 2.05) is 20.9 Å². The molecule has 0 bridgehead atoms. The third-order valence-electron chi connectivity index (χ3n) is 3.51. The van der Waals surface area contributed by atoms with Crippen LogP contribution in [-0.4, -0.2) is 27.8 Å². The summed E-state index contributed by atoms with van der Waals surface area (Å²) < 4.78 is 7.33. The SMILES string of the molecule is CC1OC(C)C(C(=O)c2ccn(C)n2)C1C. The average Bonchev–Trinajstić information content (AvgIpc) is 2.73. The Bertz CT molecular complexity index is 399. The van der Waals surface area contributed by atoms with E-state index in [0.717, 1.165) is 0 Å². The lowest BCUT2D eigenvalue weighted by Crippen LogP contribution is -2.27. The summed E-state index contributed by atoms with van der Waals surface area (Å²) in [5.41, 5.74) is 0.545. The number of ketones is 1. The Morgan fingerprint density at radius 2 is 2.06 bits per heavy atom. The van der Waals surface area contributed by atoms with Gasteiger partial charge in [-0.05, 0) is 25.8 Å². The lowest BCUT2D eigenvalue weighted by atomic mass is 9.85. The monoisotopic (exact) mass is 222 g/mol. The summed E-state index contributed by atoms with van der Waals surface area (Å²) in [5.74, 6) is 0.291. The molecule has 4 unspecified atom stereocenters. The van der Waals surface area contributed by atoms with Crippen LogP contribution in [0.4, 0.5) is 0 Å². The molecule has 0 N–H and O–H groups in total. The van der Waals surface area contributed by atoms with Crippen LogP contribution in [0, 0.1) is 11.8 Å². The summed E-state index contributed by atoms with van der Waals surface area (Å²) in [7, 11) is 1.82. The number of carbonyl (C=O) groups is 1. The van der Waals surface area contributed by atoms with Crippen LogP contribution in [0.1, 0.15) is 31.3 Å². The van der Waals surface area contributed by atoms with Crippen molar-refractivity contribution in [1.29, 1.82) is 0 Å². The number of hydrogen-bond donors (Lipinski definition) is 0. The third-order valence-corrected chi connectivity index (χ3v) is 3.51. The van der Waals surface area contributed by atoms with Gasteiger partial charge in [0.15, 0.2) is 5.78 Å². The predicted molar refractivity (Wildman–Crippen MR) is 60.2 cm³/mol. The number of carbonyl (C=O) groups excluding carboxylic acids is 1. The largest absolute Gasteiger partial charge is 0.374 e. The highest BCUT2D eigenvalue weighted by atomic mass is 16.5. The summed E-state index contributed by atoms with van der Waals surface area (Å²) in [6, 6.07) is 1.77. The Morgan fingerprint density at radius 3 is 2.50 bits per heavy atom. The van der Waals surface area contributed by atoms with Gasteiger partial charge in [0.05, 0.1) is 18.1 Å². The molecule has 4 heteroatoms. The van der Waals surface area contributed by atoms with Crippen molar-refractivity contribution >= 4 is 5.78 Å². The standard InChI is InChI=1S/C12H18N2O2/c1-7-8(2)16-9(3)11(7)12(15)10-5-6-14(4)13-10/h5-9,11H,1-4H3. The molecule has 0 spiro atoms. The van der Waals surface area contributed by atoms with Crippen LogP contribution in [0.2, 0.25) is 0 Å². The van der Waals surface area contributed by atoms with Crippen molar-refractivity contribution in [2.75, 3.05) is 0 Å². The van der Waals surface area contributed by atoms with E-state index in [-0.39, 0.29) is 29.8 Å². The maximum absolute atomic E-state index is 12.3. The fourth-order valence-corrected chi connectivity index (χ4v) is 2.44. The number of Topliss-reactive ketones (excluding diaryl/α,β-unsaturated/α-hetero) is 1. The first-order valence-electron chi connectivity index (χ1n) is 5.70. The molecule has 1 fully saturated rings. The van der Waals surface area contributed by atoms with Crippen molar-refractivity contribution in [3.63, 3.8) is 0 Å². The second-order valence-electron chi connectivity index (χ2n) is 4.67. The molecule has 0 saturated carbocycles. The number of hydrogen-bond acceptors (Lipinski definition) is 3. The first-order valence-corrected chi connectivity index (χ1v) is 5.70. The van der Waals surface area contributed by atoms with E-state index in [4.69, 9.17) is 4.74 Å². The van der Waals surface area contributed by atoms with Gasteiger partial charge in [0.1, 0.15) is 5.69 Å². The first kappa shape index (κ1) is 11.3. The lowest BCUT2D eigenvalue weighted by molar-refractivity contribution is 0.0490. The van der Waals surface area contributed by atoms with E-state index in [0.29, 0.717) is 5.69 Å². The van der Waals surface area contributed by atoms with Gasteiger partial charge in [0, 0.05) is 13.2 Å². The van der Waals surface area contributed by atoms with Crippen LogP contribution in [-0.2, 0) is 11.8 Å². The highest BCUT2D eigenvalue weighted by Crippen LogP contribution is 2.34. The van der Waals surface area contributed by atoms with Crippen molar-refractivity contribution < 1.29 is 9.53 Å². The molecule has 4 atom stereocenters. The summed E-state index contributed by atoms with van der Waals surface area (Å²) >= 11 is 0. The van der Waals surface area contributed by atoms with Crippen molar-refractivity contribution in [2.45, 2.75) is 33.0 Å². The van der Waals surface area contributed by atoms with Gasteiger partial charge < -0.3 is 4.74 Å². The van der Waals surface area contributed by atoms with Gasteiger partial charge in [-0.3, -0.25) is 9.48 Å². The molecule has 0 aromatic carbocycles. The minimum atomic E-state index is -0.0649. The van der Waals surface area contributed by atoms with Crippen molar-refractivity contribution in [2.24, 2.45) is 18.9 Å². The predicted octanol–water partition coefficient (Wildman–Crippen LogP) is 1.66. The second kappa shape index (κ2) is 4.01. The highest BCUT2D eigenvalue weighted by molar-refractivity contribution is 5.96. The molecule has 4 nitrogen and oxygen atoms in total. The normalized spacial score (nSPS) is 34.2. The van der Waals surface area contributed by atoms with Gasteiger partial charge in [-0.25, -0.2) is 0 Å². The third kappa shape index (κ3) is 1.78. The molecular weight excluding hydrogens is 204 g/mol. The molecule has 2 heterocycles. The maximum Gasteiger partial charge on any atom is 0.189 e. The zero-order valence-electron chi connectivity index (χ0n) is 10.2. The second-order valence-corrected chi connectivity index (χ2v) is 4.67. The Labute approximate surface area is 95.6 Å². The fraction of sp³-hybridized carbons (Fsp3) is 0.667. The lowest BCUT2D eigenvalue weighted by Gasteiger charge is -2.15. The molecule has 1 aromatic rings. The van der Waals surface area contributed by atoms with Crippen LogP contribution in [0.5, 0.6) is 0 Å². The minimum absolute atomic E-state index is 0.0143. The Kier molecular flexibility index (Phi) is 2.84. The summed E-state index contributed by atoms with van der Waals surface area (Å²) in [5, 5.41) is 4.16. The average molecular weight is 222 g/mol. The van der Waals surface area contributed by atoms with Crippen LogP contribution >= 0.6 is 0 Å². The van der Waals surface area contributed by atoms with E-state index in [2.05, 4.69) is 12.0 Å². The molecule has 0 radical (unpaired) electrons. The van der Waals surface area contributed by atoms with Gasteiger partial charge in [-0.1, -0.05) is 6.92 Å². The van der Waals surface area contributed by atoms with Crippen LogP contribution in [0.25, 0.3) is 0 Å². The molecule has 1 saturated heterocycles. The molecule has 2 rings (SSSR count). The maximum atomic E-state index is 12.3. The Hall–Kier alpha value is -1.16. The van der Waals surface area contributed by atoms with Gasteiger partial charge in [0.2, 0.25) is 0 Å². The van der Waals surface area contributed by atoms with Crippen LogP contribution in [0.3, 0.4) is 0 Å². The van der Waals surface area contributed by atoms with Gasteiger partial charge in [-0.2, -0.15) is 5.10 Å². The summed E-state index contributed by atoms with van der Waals surface area (Å²) in [6.45, 7) is 6.05. The molecule has 1 aromatic heterocycles. The number of aromatic nitrogens is 2. The minimum Gasteiger partial charge on any atom is -0.374 e. The van der Waals surface area contributed by atoms with Gasteiger partial charge in [0.25, 0.3) is 0 Å². The molecule has 0 aliphatic carbocycles. The van der Waals surface area contributed by atoms with E-state index in [1.165, 1.54) is 0 Å². The molecular formula is C12H18N2O2. The zero-order chi connectivity index (χ0) is 11.9. The summed E-state index contributed by atoms with van der Waals surface area (Å²) in [4.78, 5) is 12.3. The Morgan fingerprint density at radius 1 is 1.38 bits per heavy atom. The van der Waals surface area contributed by atoms with Crippen molar-refractivity contribution in [3.8, 4) is 0 Å². The summed E-state index contributed by atoms with van der Waals surface area (Å²) in [6.07, 6.45) is 1.93. The molecule has 88 valence electrons. The number of ether oxygens (including phenoxy) is 1. The first-order chi connectivity index (χ1) is 7.50. The van der Waals surface area contributed by atoms with E-state index in [9.17, 15) is 4.79 Å². The molecule has 0 amide bonds. The van der Waals surface area contributed by atoms with Gasteiger partial charge >= 0.3 is 0 Å². The van der Waals surface area contributed by atoms with E-state index >= 15 is 0 Å². The van der Waals surface area contributed by atoms with Gasteiger partial charge in [-0.15, -0.1) is 0 Å². The number of aryl methyl sites for hydroxylation is 1. The molecule has 1 aliphatic heterocycles. The Balaban J connectivity index is 2.22. The number of nitrogens with zero attached hydrogens (tertiary/aromatic N) is 2. The van der Waals surface area contributed by atoms with Crippen molar-refractivity contribution in [1.82, 2.24) is 9.78 Å². The van der Waals surface area contributed by atoms with E-state index in [1.54, 1.807) is 16.9 Å². The van der Waals surface area contributed by atoms with Crippen molar-refractivity contribution in [3.05, 3.63) is 18.0 Å². The fourth-order valence-electron chi connectivity index (χ4n) is 2.44. The number of rotatable bonds is 2.